The van der Waals surface area contributed by atoms with Gasteiger partial charge in [-0.25, -0.2) is 0 Å². The number of benzene rings is 1. The van der Waals surface area contributed by atoms with Gasteiger partial charge in [-0.3, -0.25) is 4.79 Å². The number of esters is 1. The summed E-state index contributed by atoms with van der Waals surface area (Å²) in [6.45, 7) is 5.44. The van der Waals surface area contributed by atoms with E-state index in [-0.39, 0.29) is 0 Å². The molecule has 0 fully saturated rings. The second-order valence-corrected chi connectivity index (χ2v) is 5.80. The number of carbonyl (C=O) groups is 1. The second kappa shape index (κ2) is 5.19. The van der Waals surface area contributed by atoms with E-state index >= 15 is 0 Å². The Morgan fingerprint density at radius 3 is 2.56 bits per heavy atom. The highest BCUT2D eigenvalue weighted by Crippen LogP contribution is 2.26. The average molecular weight is 306 g/mol. The molecule has 0 amide bonds. The number of hydrogen-bond donors (Lipinski definition) is 0. The van der Waals surface area contributed by atoms with E-state index in [1.807, 2.05) is 39.0 Å². The fourth-order valence-electron chi connectivity index (χ4n) is 1.15. The van der Waals surface area contributed by atoms with E-state index < -0.39 is 16.9 Å². The Kier molecular flexibility index (Phi) is 4.39. The standard InChI is InChI=1S/C12H14BrClO2/c1-12(2,3)16-11(15)10(14)8-5-4-6-9(13)7-8/h4-7,10H,1-3H3. The van der Waals surface area contributed by atoms with Crippen LogP contribution in [0.4, 0.5) is 0 Å². The Hall–Kier alpha value is -0.540. The van der Waals surface area contributed by atoms with Crippen LogP contribution in [0.5, 0.6) is 0 Å². The van der Waals surface area contributed by atoms with Crippen LogP contribution in [0.15, 0.2) is 28.7 Å². The molecule has 88 valence electrons. The molecule has 0 aliphatic heterocycles. The minimum absolute atomic E-state index is 0.424. The van der Waals surface area contributed by atoms with E-state index in [0.717, 1.165) is 10.0 Å². The molecule has 1 unspecified atom stereocenters. The molecule has 16 heavy (non-hydrogen) atoms. The summed E-state index contributed by atoms with van der Waals surface area (Å²) in [7, 11) is 0. The van der Waals surface area contributed by atoms with Crippen molar-refractivity contribution in [2.75, 3.05) is 0 Å². The van der Waals surface area contributed by atoms with Crippen LogP contribution in [0.3, 0.4) is 0 Å². The van der Waals surface area contributed by atoms with Crippen LogP contribution in [0.1, 0.15) is 31.7 Å². The van der Waals surface area contributed by atoms with Crippen LogP contribution in [0.25, 0.3) is 0 Å². The number of alkyl halides is 1. The quantitative estimate of drug-likeness (QED) is 0.608. The van der Waals surface area contributed by atoms with Crippen LogP contribution in [0.2, 0.25) is 0 Å². The maximum absolute atomic E-state index is 11.7. The fraction of sp³-hybridized carbons (Fsp3) is 0.417. The molecule has 0 saturated heterocycles. The molecular weight excluding hydrogens is 291 g/mol. The monoisotopic (exact) mass is 304 g/mol. The normalized spacial score (nSPS) is 13.3. The first-order chi connectivity index (χ1) is 7.29. The summed E-state index contributed by atoms with van der Waals surface area (Å²) >= 11 is 9.37. The number of rotatable bonds is 2. The van der Waals surface area contributed by atoms with Crippen molar-refractivity contribution in [3.05, 3.63) is 34.3 Å². The van der Waals surface area contributed by atoms with Gasteiger partial charge in [-0.05, 0) is 38.5 Å². The van der Waals surface area contributed by atoms with Crippen molar-refractivity contribution in [1.82, 2.24) is 0 Å². The van der Waals surface area contributed by atoms with E-state index in [1.54, 1.807) is 6.07 Å². The first-order valence-electron chi connectivity index (χ1n) is 4.92. The van der Waals surface area contributed by atoms with Gasteiger partial charge in [-0.2, -0.15) is 0 Å². The molecule has 1 aromatic rings. The third kappa shape index (κ3) is 4.14. The molecule has 0 spiro atoms. The topological polar surface area (TPSA) is 26.3 Å². The molecule has 1 atom stereocenters. The summed E-state index contributed by atoms with van der Waals surface area (Å²) in [6.07, 6.45) is 0. The van der Waals surface area contributed by atoms with E-state index in [4.69, 9.17) is 16.3 Å². The minimum Gasteiger partial charge on any atom is -0.459 e. The summed E-state index contributed by atoms with van der Waals surface area (Å²) in [5.74, 6) is -0.424. The lowest BCUT2D eigenvalue weighted by molar-refractivity contribution is -0.154. The summed E-state index contributed by atoms with van der Waals surface area (Å²) in [5, 5.41) is -0.767. The van der Waals surface area contributed by atoms with Gasteiger partial charge in [0.25, 0.3) is 0 Å². The predicted molar refractivity (Wildman–Crippen MR) is 68.6 cm³/mol. The minimum atomic E-state index is -0.767. The molecule has 0 heterocycles. The third-order valence-corrected chi connectivity index (χ3v) is 2.68. The van der Waals surface area contributed by atoms with Crippen molar-refractivity contribution in [2.45, 2.75) is 31.7 Å². The van der Waals surface area contributed by atoms with Gasteiger partial charge in [0, 0.05) is 4.47 Å². The van der Waals surface area contributed by atoms with Crippen molar-refractivity contribution in [2.24, 2.45) is 0 Å². The van der Waals surface area contributed by atoms with Crippen molar-refractivity contribution in [3.63, 3.8) is 0 Å². The van der Waals surface area contributed by atoms with E-state index in [0.29, 0.717) is 0 Å². The molecular formula is C12H14BrClO2. The van der Waals surface area contributed by atoms with Gasteiger partial charge < -0.3 is 4.74 Å². The highest BCUT2D eigenvalue weighted by molar-refractivity contribution is 9.10. The molecule has 4 heteroatoms. The molecule has 1 aromatic carbocycles. The van der Waals surface area contributed by atoms with Crippen LogP contribution in [0, 0.1) is 0 Å². The molecule has 0 N–H and O–H groups in total. The zero-order valence-electron chi connectivity index (χ0n) is 9.46. The zero-order chi connectivity index (χ0) is 12.3. The van der Waals surface area contributed by atoms with Gasteiger partial charge >= 0.3 is 5.97 Å². The fourth-order valence-corrected chi connectivity index (χ4v) is 1.75. The zero-order valence-corrected chi connectivity index (χ0v) is 11.8. The summed E-state index contributed by atoms with van der Waals surface area (Å²) in [5.41, 5.74) is 0.209. The van der Waals surface area contributed by atoms with Crippen molar-refractivity contribution in [1.29, 1.82) is 0 Å². The van der Waals surface area contributed by atoms with Gasteiger partial charge in [0.2, 0.25) is 0 Å². The predicted octanol–water partition coefficient (Wildman–Crippen LogP) is 4.07. The summed E-state index contributed by atoms with van der Waals surface area (Å²) < 4.78 is 6.10. The van der Waals surface area contributed by atoms with Crippen LogP contribution >= 0.6 is 27.5 Å². The molecule has 0 saturated carbocycles. The largest absolute Gasteiger partial charge is 0.459 e. The molecule has 1 rings (SSSR count). The first-order valence-corrected chi connectivity index (χ1v) is 6.15. The Balaban J connectivity index is 2.78. The Labute approximate surface area is 109 Å². The smallest absolute Gasteiger partial charge is 0.329 e. The van der Waals surface area contributed by atoms with E-state index in [2.05, 4.69) is 15.9 Å². The van der Waals surface area contributed by atoms with Gasteiger partial charge in [0.15, 0.2) is 5.38 Å². The lowest BCUT2D eigenvalue weighted by atomic mass is 10.1. The number of halogens is 2. The number of ether oxygens (including phenoxy) is 1. The summed E-state index contributed by atoms with van der Waals surface area (Å²) in [6, 6.07) is 7.31. The first kappa shape index (κ1) is 13.5. The highest BCUT2D eigenvalue weighted by Gasteiger charge is 2.24. The van der Waals surface area contributed by atoms with Crippen LogP contribution in [-0.4, -0.2) is 11.6 Å². The Morgan fingerprint density at radius 1 is 1.44 bits per heavy atom. The van der Waals surface area contributed by atoms with Gasteiger partial charge in [0.05, 0.1) is 0 Å². The second-order valence-electron chi connectivity index (χ2n) is 4.45. The Bertz CT molecular complexity index is 385. The lowest BCUT2D eigenvalue weighted by Gasteiger charge is -2.21. The van der Waals surface area contributed by atoms with Crippen molar-refractivity contribution in [3.8, 4) is 0 Å². The maximum atomic E-state index is 11.7. The van der Waals surface area contributed by atoms with E-state index in [9.17, 15) is 4.79 Å². The summed E-state index contributed by atoms with van der Waals surface area (Å²) in [4.78, 5) is 11.7. The average Bonchev–Trinajstić information content (AvgIpc) is 2.14. The highest BCUT2D eigenvalue weighted by atomic mass is 79.9. The van der Waals surface area contributed by atoms with Crippen LogP contribution in [-0.2, 0) is 9.53 Å². The molecule has 0 aromatic heterocycles. The van der Waals surface area contributed by atoms with Gasteiger partial charge in [-0.1, -0.05) is 28.1 Å². The molecule has 0 radical (unpaired) electrons. The van der Waals surface area contributed by atoms with Crippen molar-refractivity contribution < 1.29 is 9.53 Å². The SMILES string of the molecule is CC(C)(C)OC(=O)C(Cl)c1cccc(Br)c1. The molecule has 0 bridgehead atoms. The van der Waals surface area contributed by atoms with Gasteiger partial charge in [-0.15, -0.1) is 11.6 Å². The van der Waals surface area contributed by atoms with Crippen molar-refractivity contribution >= 4 is 33.5 Å². The third-order valence-electron chi connectivity index (χ3n) is 1.76. The van der Waals surface area contributed by atoms with Gasteiger partial charge in [0.1, 0.15) is 5.60 Å². The molecule has 0 aliphatic carbocycles. The Morgan fingerprint density at radius 2 is 2.06 bits per heavy atom. The number of carbonyl (C=O) groups excluding carboxylic acids is 1. The lowest BCUT2D eigenvalue weighted by Crippen LogP contribution is -2.26. The van der Waals surface area contributed by atoms with E-state index in [1.165, 1.54) is 0 Å². The molecule has 2 nitrogen and oxygen atoms in total. The number of hydrogen-bond acceptors (Lipinski definition) is 2. The maximum Gasteiger partial charge on any atom is 0.329 e. The van der Waals surface area contributed by atoms with Crippen LogP contribution < -0.4 is 0 Å². The molecule has 0 aliphatic rings.